The molecule has 2 aromatic carbocycles. The topological polar surface area (TPSA) is 127 Å². The molecule has 43 heavy (non-hydrogen) atoms. The van der Waals surface area contributed by atoms with Gasteiger partial charge in [-0.1, -0.05) is 31.8 Å². The van der Waals surface area contributed by atoms with E-state index in [1.807, 2.05) is 0 Å². The van der Waals surface area contributed by atoms with Gasteiger partial charge < -0.3 is 15.2 Å². The van der Waals surface area contributed by atoms with Gasteiger partial charge in [-0.3, -0.25) is 0 Å². The van der Waals surface area contributed by atoms with Gasteiger partial charge in [-0.25, -0.2) is 36.0 Å². The summed E-state index contributed by atoms with van der Waals surface area (Å²) < 4.78 is 63.4. The standard InChI is InChI=1S/C29H35F2N5O5SSi/c1-42(39,40)35-12-10-19(11-13-35)32-28-27-26(34-36(28)17-41-14-15-43(2,3)4)20-9-8-18(29(37)38)16-21(20)25(33-27)24-22(30)6-5-7-23(24)31/h5-9,16,19,32H,10-15,17H2,1-4H3,(H,37,38). The highest BCUT2D eigenvalue weighted by molar-refractivity contribution is 7.88. The summed E-state index contributed by atoms with van der Waals surface area (Å²) >= 11 is 0. The first-order valence-corrected chi connectivity index (χ1v) is 19.6. The zero-order chi connectivity index (χ0) is 31.1. The van der Waals surface area contributed by atoms with E-state index < -0.39 is 35.7 Å². The normalized spacial score (nSPS) is 15.4. The Morgan fingerprint density at radius 1 is 1.09 bits per heavy atom. The average molecular weight is 632 g/mol. The number of halogens is 2. The Labute approximate surface area is 249 Å². The molecule has 0 spiro atoms. The van der Waals surface area contributed by atoms with Gasteiger partial charge in [-0.2, -0.15) is 5.10 Å². The summed E-state index contributed by atoms with van der Waals surface area (Å²) in [7, 11) is -4.67. The highest BCUT2D eigenvalue weighted by Crippen LogP contribution is 2.38. The fraction of sp³-hybridized carbons (Fsp3) is 0.414. The van der Waals surface area contributed by atoms with E-state index in [0.717, 1.165) is 18.2 Å². The Hall–Kier alpha value is -3.46. The van der Waals surface area contributed by atoms with Gasteiger partial charge in [0.2, 0.25) is 10.0 Å². The number of aromatic nitrogens is 3. The summed E-state index contributed by atoms with van der Waals surface area (Å²) in [4.78, 5) is 16.5. The van der Waals surface area contributed by atoms with E-state index in [1.54, 1.807) is 10.7 Å². The summed E-state index contributed by atoms with van der Waals surface area (Å²) in [5.74, 6) is -2.38. The van der Waals surface area contributed by atoms with Crippen molar-refractivity contribution < 1.29 is 31.8 Å². The third-order valence-electron chi connectivity index (χ3n) is 7.60. The van der Waals surface area contributed by atoms with Crippen LogP contribution in [-0.2, 0) is 21.5 Å². The van der Waals surface area contributed by atoms with Crippen LogP contribution in [0.2, 0.25) is 25.7 Å². The van der Waals surface area contributed by atoms with Crippen molar-refractivity contribution in [3.05, 3.63) is 53.6 Å². The van der Waals surface area contributed by atoms with E-state index >= 15 is 8.78 Å². The van der Waals surface area contributed by atoms with Crippen molar-refractivity contribution in [2.75, 3.05) is 31.3 Å². The molecule has 1 aliphatic rings. The van der Waals surface area contributed by atoms with E-state index in [4.69, 9.17) is 14.8 Å². The molecule has 230 valence electrons. The predicted molar refractivity (Wildman–Crippen MR) is 165 cm³/mol. The summed E-state index contributed by atoms with van der Waals surface area (Å²) in [5.41, 5.74) is 0.278. The van der Waals surface area contributed by atoms with Crippen LogP contribution in [0.4, 0.5) is 14.6 Å². The van der Waals surface area contributed by atoms with Gasteiger partial charge in [0.15, 0.2) is 5.82 Å². The van der Waals surface area contributed by atoms with Gasteiger partial charge in [-0.15, -0.1) is 0 Å². The fourth-order valence-electron chi connectivity index (χ4n) is 5.20. The largest absolute Gasteiger partial charge is 0.478 e. The summed E-state index contributed by atoms with van der Waals surface area (Å²) in [6.45, 7) is 8.05. The molecule has 1 saturated heterocycles. The molecule has 10 nitrogen and oxygen atoms in total. The zero-order valence-corrected chi connectivity index (χ0v) is 26.3. The molecule has 2 aromatic heterocycles. The maximum Gasteiger partial charge on any atom is 0.335 e. The number of nitrogens with zero attached hydrogens (tertiary/aromatic N) is 4. The van der Waals surface area contributed by atoms with Gasteiger partial charge in [0.25, 0.3) is 0 Å². The second-order valence-corrected chi connectivity index (χ2v) is 19.7. The van der Waals surface area contributed by atoms with Crippen LogP contribution in [0.3, 0.4) is 0 Å². The molecule has 1 fully saturated rings. The number of rotatable bonds is 10. The molecule has 4 aromatic rings. The Balaban J connectivity index is 1.66. The number of hydrogen-bond acceptors (Lipinski definition) is 7. The van der Waals surface area contributed by atoms with Crippen LogP contribution >= 0.6 is 0 Å². The first-order valence-electron chi connectivity index (χ1n) is 14.0. The average Bonchev–Trinajstić information content (AvgIpc) is 3.27. The quantitative estimate of drug-likeness (QED) is 0.177. The lowest BCUT2D eigenvalue weighted by Crippen LogP contribution is -2.42. The van der Waals surface area contributed by atoms with Crippen LogP contribution in [0.15, 0.2) is 36.4 Å². The van der Waals surface area contributed by atoms with Crippen LogP contribution in [-0.4, -0.2) is 78.6 Å². The van der Waals surface area contributed by atoms with E-state index in [9.17, 15) is 18.3 Å². The van der Waals surface area contributed by atoms with Gasteiger partial charge >= 0.3 is 5.97 Å². The molecule has 1 aliphatic heterocycles. The third kappa shape index (κ3) is 6.71. The monoisotopic (exact) mass is 631 g/mol. The second-order valence-electron chi connectivity index (χ2n) is 12.1. The Kier molecular flexibility index (Phi) is 8.58. The second kappa shape index (κ2) is 11.9. The van der Waals surface area contributed by atoms with Crippen LogP contribution in [0.25, 0.3) is 33.1 Å². The zero-order valence-electron chi connectivity index (χ0n) is 24.5. The smallest absolute Gasteiger partial charge is 0.335 e. The van der Waals surface area contributed by atoms with Crippen molar-refractivity contribution in [1.29, 1.82) is 0 Å². The number of hydrogen-bond donors (Lipinski definition) is 2. The number of sulfonamides is 1. The number of piperidine rings is 1. The third-order valence-corrected chi connectivity index (χ3v) is 10.6. The van der Waals surface area contributed by atoms with Gasteiger partial charge in [0.05, 0.1) is 23.1 Å². The molecule has 0 atom stereocenters. The highest BCUT2D eigenvalue weighted by atomic mass is 32.2. The van der Waals surface area contributed by atoms with Crippen LogP contribution in [0, 0.1) is 11.6 Å². The number of aromatic carboxylic acids is 1. The minimum absolute atomic E-state index is 0.0460. The first kappa shape index (κ1) is 31.0. The summed E-state index contributed by atoms with van der Waals surface area (Å²) in [6, 6.07) is 8.66. The first-order chi connectivity index (χ1) is 20.2. The predicted octanol–water partition coefficient (Wildman–Crippen LogP) is 5.38. The van der Waals surface area contributed by atoms with E-state index in [0.29, 0.717) is 54.8 Å². The molecule has 5 rings (SSSR count). The molecule has 0 saturated carbocycles. The van der Waals surface area contributed by atoms with Crippen molar-refractivity contribution in [1.82, 2.24) is 19.1 Å². The molecule has 3 heterocycles. The minimum Gasteiger partial charge on any atom is -0.478 e. The SMILES string of the molecule is C[Si](C)(C)CCOCn1nc2c(nc(-c3c(F)cccc3F)c3cc(C(=O)O)ccc32)c1NC1CCN(S(C)(=O)=O)CC1. The van der Waals surface area contributed by atoms with Crippen molar-refractivity contribution in [3.8, 4) is 11.3 Å². The van der Waals surface area contributed by atoms with Gasteiger partial charge in [0.1, 0.15) is 29.4 Å². The number of nitrogens with one attached hydrogen (secondary N) is 1. The summed E-state index contributed by atoms with van der Waals surface area (Å²) in [6.07, 6.45) is 2.25. The molecule has 0 amide bonds. The van der Waals surface area contributed by atoms with Crippen molar-refractivity contribution in [2.45, 2.75) is 51.3 Å². The molecule has 0 radical (unpaired) electrons. The van der Waals surface area contributed by atoms with E-state index in [1.165, 1.54) is 28.8 Å². The Morgan fingerprint density at radius 2 is 1.77 bits per heavy atom. The fourth-order valence-corrected chi connectivity index (χ4v) is 6.83. The number of carbonyl (C=O) groups is 1. The van der Waals surface area contributed by atoms with Crippen molar-refractivity contribution >= 4 is 51.7 Å². The maximum atomic E-state index is 15.1. The van der Waals surface area contributed by atoms with E-state index in [-0.39, 0.29) is 35.0 Å². The number of ether oxygens (including phenoxy) is 1. The summed E-state index contributed by atoms with van der Waals surface area (Å²) in [5, 5.41) is 18.6. The molecular weight excluding hydrogens is 596 g/mol. The number of anilines is 1. The Bertz CT molecular complexity index is 1780. The van der Waals surface area contributed by atoms with Gasteiger partial charge in [-0.05, 0) is 43.2 Å². The van der Waals surface area contributed by atoms with Crippen molar-refractivity contribution in [2.24, 2.45) is 0 Å². The molecule has 2 N–H and O–H groups in total. The van der Waals surface area contributed by atoms with Crippen LogP contribution in [0.1, 0.15) is 23.2 Å². The van der Waals surface area contributed by atoms with Crippen molar-refractivity contribution in [3.63, 3.8) is 0 Å². The molecule has 0 aliphatic carbocycles. The molecular formula is C29H35F2N5O5SSi. The van der Waals surface area contributed by atoms with Crippen LogP contribution < -0.4 is 5.32 Å². The van der Waals surface area contributed by atoms with Crippen LogP contribution in [0.5, 0.6) is 0 Å². The lowest BCUT2D eigenvalue weighted by Gasteiger charge is -2.31. The molecule has 14 heteroatoms. The Morgan fingerprint density at radius 3 is 2.37 bits per heavy atom. The van der Waals surface area contributed by atoms with E-state index in [2.05, 4.69) is 25.0 Å². The minimum atomic E-state index is -3.31. The number of benzene rings is 2. The lowest BCUT2D eigenvalue weighted by atomic mass is 9.99. The molecule has 0 bridgehead atoms. The lowest BCUT2D eigenvalue weighted by molar-refractivity contribution is 0.0697. The number of fused-ring (bicyclic) bond motifs is 3. The maximum absolute atomic E-state index is 15.1. The molecule has 0 unspecified atom stereocenters. The number of carboxylic acids is 1. The highest BCUT2D eigenvalue weighted by Gasteiger charge is 2.28. The number of pyridine rings is 1. The van der Waals surface area contributed by atoms with Gasteiger partial charge in [0, 0.05) is 44.6 Å². The number of carboxylic acid groups (broad SMARTS) is 1.